The van der Waals surface area contributed by atoms with Crippen molar-refractivity contribution in [2.45, 2.75) is 38.7 Å². The Bertz CT molecular complexity index is 187. The van der Waals surface area contributed by atoms with E-state index >= 15 is 0 Å². The third-order valence-electron chi connectivity index (χ3n) is 1.87. The van der Waals surface area contributed by atoms with Crippen LogP contribution < -0.4 is 0 Å². The summed E-state index contributed by atoms with van der Waals surface area (Å²) >= 11 is 0. The fourth-order valence-electron chi connectivity index (χ4n) is 0.803. The summed E-state index contributed by atoms with van der Waals surface area (Å²) in [5, 5.41) is 18.0. The fraction of sp³-hybridized carbons (Fsp3) is 0.750. The summed E-state index contributed by atoms with van der Waals surface area (Å²) in [6.45, 7) is 3.18. The maximum atomic E-state index is 10.9. The maximum absolute atomic E-state index is 10.9. The number of rotatable bonds is 5. The topological polar surface area (TPSA) is 74.6 Å². The van der Waals surface area contributed by atoms with Crippen molar-refractivity contribution in [2.24, 2.45) is 0 Å². The molecule has 1 unspecified atom stereocenters. The molecule has 0 spiro atoms. The quantitative estimate of drug-likeness (QED) is 0.639. The van der Waals surface area contributed by atoms with E-state index in [1.165, 1.54) is 6.92 Å². The molecule has 0 heterocycles. The third-order valence-corrected chi connectivity index (χ3v) is 1.87. The second-order valence-corrected chi connectivity index (χ2v) is 2.76. The lowest BCUT2D eigenvalue weighted by Gasteiger charge is -2.19. The van der Waals surface area contributed by atoms with E-state index in [0.717, 1.165) is 0 Å². The molecule has 0 aromatic rings. The van der Waals surface area contributed by atoms with Gasteiger partial charge >= 0.3 is 5.97 Å². The van der Waals surface area contributed by atoms with E-state index in [0.29, 0.717) is 0 Å². The van der Waals surface area contributed by atoms with Crippen LogP contribution in [0.3, 0.4) is 0 Å². The highest BCUT2D eigenvalue weighted by atomic mass is 16.4. The SMILES string of the molecule is CCC(=O)CC(O)(CC)C(=O)O. The molecule has 0 aliphatic carbocycles. The Morgan fingerprint density at radius 2 is 1.83 bits per heavy atom. The van der Waals surface area contributed by atoms with E-state index in [9.17, 15) is 14.7 Å². The van der Waals surface area contributed by atoms with E-state index in [4.69, 9.17) is 5.11 Å². The zero-order valence-electron chi connectivity index (χ0n) is 7.33. The van der Waals surface area contributed by atoms with Crippen LogP contribution in [0.1, 0.15) is 33.1 Å². The lowest BCUT2D eigenvalue weighted by molar-refractivity contribution is -0.161. The van der Waals surface area contributed by atoms with Gasteiger partial charge in [-0.1, -0.05) is 13.8 Å². The standard InChI is InChI=1S/C8H14O4/c1-3-6(9)5-8(12,4-2)7(10)11/h12H,3-5H2,1-2H3,(H,10,11). The number of aliphatic hydroxyl groups is 1. The number of hydrogen-bond acceptors (Lipinski definition) is 3. The van der Waals surface area contributed by atoms with Gasteiger partial charge in [-0.3, -0.25) is 4.79 Å². The van der Waals surface area contributed by atoms with E-state index in [-0.39, 0.29) is 25.0 Å². The Kier molecular flexibility index (Phi) is 3.89. The summed E-state index contributed by atoms with van der Waals surface area (Å²) in [5.41, 5.74) is -1.87. The fourth-order valence-corrected chi connectivity index (χ4v) is 0.803. The number of carbonyl (C=O) groups is 2. The minimum absolute atomic E-state index is 0.0497. The smallest absolute Gasteiger partial charge is 0.336 e. The van der Waals surface area contributed by atoms with Gasteiger partial charge in [-0.05, 0) is 6.42 Å². The first-order valence-corrected chi connectivity index (χ1v) is 3.93. The van der Waals surface area contributed by atoms with Gasteiger partial charge in [0, 0.05) is 12.8 Å². The van der Waals surface area contributed by atoms with Crippen molar-refractivity contribution in [1.29, 1.82) is 0 Å². The van der Waals surface area contributed by atoms with Crippen molar-refractivity contribution in [3.8, 4) is 0 Å². The van der Waals surface area contributed by atoms with Gasteiger partial charge in [0.1, 0.15) is 5.78 Å². The van der Waals surface area contributed by atoms with Crippen LogP contribution in [0.4, 0.5) is 0 Å². The van der Waals surface area contributed by atoms with Crippen LogP contribution in [0.15, 0.2) is 0 Å². The minimum atomic E-state index is -1.87. The van der Waals surface area contributed by atoms with E-state index < -0.39 is 11.6 Å². The Balaban J connectivity index is 4.34. The van der Waals surface area contributed by atoms with Gasteiger partial charge in [0.2, 0.25) is 0 Å². The molecular formula is C8H14O4. The van der Waals surface area contributed by atoms with Crippen LogP contribution in [0, 0.1) is 0 Å². The summed E-state index contributed by atoms with van der Waals surface area (Å²) in [7, 11) is 0. The first-order valence-electron chi connectivity index (χ1n) is 3.93. The molecule has 0 aromatic carbocycles. The third kappa shape index (κ3) is 2.62. The Morgan fingerprint density at radius 3 is 2.08 bits per heavy atom. The highest BCUT2D eigenvalue weighted by molar-refractivity contribution is 5.87. The van der Waals surface area contributed by atoms with Crippen LogP contribution in [0.2, 0.25) is 0 Å². The highest BCUT2D eigenvalue weighted by Gasteiger charge is 2.35. The molecule has 0 amide bonds. The van der Waals surface area contributed by atoms with Gasteiger partial charge in [0.05, 0.1) is 0 Å². The van der Waals surface area contributed by atoms with E-state index in [1.54, 1.807) is 6.92 Å². The summed E-state index contributed by atoms with van der Waals surface area (Å²) in [5.74, 6) is -1.56. The normalized spacial score (nSPS) is 15.2. The number of aliphatic carboxylic acids is 1. The molecule has 0 aliphatic heterocycles. The molecule has 0 fully saturated rings. The first kappa shape index (κ1) is 11.1. The van der Waals surface area contributed by atoms with Crippen molar-refractivity contribution in [2.75, 3.05) is 0 Å². The monoisotopic (exact) mass is 174 g/mol. The van der Waals surface area contributed by atoms with Crippen molar-refractivity contribution in [3.05, 3.63) is 0 Å². The predicted octanol–water partition coefficient (Wildman–Crippen LogP) is 0.581. The molecule has 0 bridgehead atoms. The molecule has 2 N–H and O–H groups in total. The Labute approximate surface area is 71.2 Å². The lowest BCUT2D eigenvalue weighted by Crippen LogP contribution is -2.39. The van der Waals surface area contributed by atoms with Gasteiger partial charge < -0.3 is 10.2 Å². The maximum Gasteiger partial charge on any atom is 0.336 e. The lowest BCUT2D eigenvalue weighted by atomic mass is 9.93. The molecule has 0 radical (unpaired) electrons. The van der Waals surface area contributed by atoms with Gasteiger partial charge in [-0.15, -0.1) is 0 Å². The molecule has 70 valence electrons. The van der Waals surface area contributed by atoms with Crippen molar-refractivity contribution in [3.63, 3.8) is 0 Å². The average Bonchev–Trinajstić information content (AvgIpc) is 2.03. The molecule has 0 aromatic heterocycles. The van der Waals surface area contributed by atoms with Crippen molar-refractivity contribution >= 4 is 11.8 Å². The van der Waals surface area contributed by atoms with Gasteiger partial charge in [0.25, 0.3) is 0 Å². The molecule has 0 rings (SSSR count). The van der Waals surface area contributed by atoms with Crippen molar-refractivity contribution < 1.29 is 19.8 Å². The first-order chi connectivity index (χ1) is 5.46. The average molecular weight is 174 g/mol. The second kappa shape index (κ2) is 4.21. The second-order valence-electron chi connectivity index (χ2n) is 2.76. The molecule has 0 saturated heterocycles. The Hall–Kier alpha value is -0.900. The molecule has 1 atom stereocenters. The zero-order valence-corrected chi connectivity index (χ0v) is 7.33. The molecule has 4 nitrogen and oxygen atoms in total. The predicted molar refractivity (Wildman–Crippen MR) is 42.8 cm³/mol. The molecular weight excluding hydrogens is 160 g/mol. The van der Waals surface area contributed by atoms with Gasteiger partial charge in [-0.25, -0.2) is 4.79 Å². The summed E-state index contributed by atoms with van der Waals surface area (Å²) < 4.78 is 0. The van der Waals surface area contributed by atoms with Crippen LogP contribution in [0.25, 0.3) is 0 Å². The van der Waals surface area contributed by atoms with E-state index in [2.05, 4.69) is 0 Å². The van der Waals surface area contributed by atoms with Gasteiger partial charge in [0.15, 0.2) is 5.60 Å². The summed E-state index contributed by atoms with van der Waals surface area (Å²) in [6, 6.07) is 0. The number of carboxylic acid groups (broad SMARTS) is 1. The van der Waals surface area contributed by atoms with Crippen LogP contribution in [0.5, 0.6) is 0 Å². The van der Waals surface area contributed by atoms with Crippen LogP contribution in [-0.2, 0) is 9.59 Å². The van der Waals surface area contributed by atoms with E-state index in [1.807, 2.05) is 0 Å². The highest BCUT2D eigenvalue weighted by Crippen LogP contribution is 2.16. The largest absolute Gasteiger partial charge is 0.479 e. The van der Waals surface area contributed by atoms with Crippen LogP contribution in [-0.4, -0.2) is 27.6 Å². The molecule has 12 heavy (non-hydrogen) atoms. The molecule has 4 heteroatoms. The molecule has 0 saturated carbocycles. The number of hydrogen-bond donors (Lipinski definition) is 2. The number of carbonyl (C=O) groups excluding carboxylic acids is 1. The minimum Gasteiger partial charge on any atom is -0.479 e. The summed E-state index contributed by atoms with van der Waals surface area (Å²) in [6.07, 6.45) is 0.0129. The van der Waals surface area contributed by atoms with Gasteiger partial charge in [-0.2, -0.15) is 0 Å². The Morgan fingerprint density at radius 1 is 1.33 bits per heavy atom. The number of ketones is 1. The zero-order chi connectivity index (χ0) is 9.78. The summed E-state index contributed by atoms with van der Waals surface area (Å²) in [4.78, 5) is 21.4. The molecule has 0 aliphatic rings. The number of Topliss-reactive ketones (excluding diaryl/α,β-unsaturated/α-hetero) is 1. The van der Waals surface area contributed by atoms with Crippen LogP contribution >= 0.6 is 0 Å². The number of carboxylic acids is 1. The van der Waals surface area contributed by atoms with Crippen molar-refractivity contribution in [1.82, 2.24) is 0 Å².